The van der Waals surface area contributed by atoms with Crippen LogP contribution in [0.2, 0.25) is 0 Å². The minimum atomic E-state index is 0.0234. The van der Waals surface area contributed by atoms with Gasteiger partial charge in [-0.2, -0.15) is 0 Å². The van der Waals surface area contributed by atoms with Crippen molar-refractivity contribution < 1.29 is 4.74 Å². The third kappa shape index (κ3) is 2.74. The average molecular weight is 193 g/mol. The largest absolute Gasteiger partial charge is 0.490 e. The lowest BCUT2D eigenvalue weighted by Crippen LogP contribution is -2.13. The minimum Gasteiger partial charge on any atom is -0.490 e. The standard InChI is InChI=1S/C12H19NO/c1-4-9(2)14-12-8-6-5-7-11(12)10(3)13/h5-10H,4,13H2,1-3H3/t9-,10+/m0/s1. The van der Waals surface area contributed by atoms with Gasteiger partial charge in [0.2, 0.25) is 0 Å². The first-order chi connectivity index (χ1) is 6.65. The van der Waals surface area contributed by atoms with Crippen LogP contribution in [0.15, 0.2) is 24.3 Å². The molecule has 1 aromatic rings. The molecule has 0 saturated carbocycles. The summed E-state index contributed by atoms with van der Waals surface area (Å²) in [5.41, 5.74) is 6.93. The number of nitrogens with two attached hydrogens (primary N) is 1. The predicted octanol–water partition coefficient (Wildman–Crippen LogP) is 2.88. The maximum Gasteiger partial charge on any atom is 0.124 e. The van der Waals surface area contributed by atoms with E-state index >= 15 is 0 Å². The van der Waals surface area contributed by atoms with Crippen LogP contribution >= 0.6 is 0 Å². The molecule has 2 atom stereocenters. The van der Waals surface area contributed by atoms with E-state index in [9.17, 15) is 0 Å². The normalized spacial score (nSPS) is 14.9. The van der Waals surface area contributed by atoms with Crippen LogP contribution in [0.5, 0.6) is 5.75 Å². The van der Waals surface area contributed by atoms with Gasteiger partial charge in [0, 0.05) is 11.6 Å². The summed E-state index contributed by atoms with van der Waals surface area (Å²) in [6.45, 7) is 6.15. The molecule has 0 bridgehead atoms. The van der Waals surface area contributed by atoms with Gasteiger partial charge in [-0.3, -0.25) is 0 Å². The molecule has 2 heteroatoms. The van der Waals surface area contributed by atoms with Crippen molar-refractivity contribution >= 4 is 0 Å². The van der Waals surface area contributed by atoms with Gasteiger partial charge in [-0.05, 0) is 26.3 Å². The van der Waals surface area contributed by atoms with Crippen molar-refractivity contribution in [2.45, 2.75) is 39.3 Å². The quantitative estimate of drug-likeness (QED) is 0.798. The van der Waals surface area contributed by atoms with Gasteiger partial charge in [-0.1, -0.05) is 25.1 Å². The Hall–Kier alpha value is -1.02. The van der Waals surface area contributed by atoms with E-state index in [1.54, 1.807) is 0 Å². The Morgan fingerprint density at radius 3 is 2.50 bits per heavy atom. The topological polar surface area (TPSA) is 35.2 Å². The van der Waals surface area contributed by atoms with Gasteiger partial charge in [0.15, 0.2) is 0 Å². The summed E-state index contributed by atoms with van der Waals surface area (Å²) in [5, 5.41) is 0. The zero-order valence-electron chi connectivity index (χ0n) is 9.16. The lowest BCUT2D eigenvalue weighted by molar-refractivity contribution is 0.214. The second kappa shape index (κ2) is 5.01. The molecule has 0 aliphatic carbocycles. The van der Waals surface area contributed by atoms with Gasteiger partial charge in [0.05, 0.1) is 6.10 Å². The fourth-order valence-electron chi connectivity index (χ4n) is 1.26. The van der Waals surface area contributed by atoms with Gasteiger partial charge < -0.3 is 10.5 Å². The predicted molar refractivity (Wildman–Crippen MR) is 59.4 cm³/mol. The summed E-state index contributed by atoms with van der Waals surface area (Å²) in [7, 11) is 0. The lowest BCUT2D eigenvalue weighted by Gasteiger charge is -2.17. The molecule has 14 heavy (non-hydrogen) atoms. The molecule has 0 saturated heterocycles. The van der Waals surface area contributed by atoms with Crippen molar-refractivity contribution in [1.82, 2.24) is 0 Å². The van der Waals surface area contributed by atoms with Crippen molar-refractivity contribution in [3.05, 3.63) is 29.8 Å². The van der Waals surface area contributed by atoms with Gasteiger partial charge in [0.25, 0.3) is 0 Å². The Bertz CT molecular complexity index is 283. The highest BCUT2D eigenvalue weighted by molar-refractivity contribution is 5.35. The number of hydrogen-bond acceptors (Lipinski definition) is 2. The van der Waals surface area contributed by atoms with Crippen LogP contribution in [0.4, 0.5) is 0 Å². The summed E-state index contributed by atoms with van der Waals surface area (Å²) in [6, 6.07) is 7.98. The third-order valence-electron chi connectivity index (χ3n) is 2.31. The number of para-hydroxylation sites is 1. The summed E-state index contributed by atoms with van der Waals surface area (Å²) in [5.74, 6) is 0.914. The van der Waals surface area contributed by atoms with Crippen LogP contribution in [-0.2, 0) is 0 Å². The zero-order chi connectivity index (χ0) is 10.6. The fourth-order valence-corrected chi connectivity index (χ4v) is 1.26. The van der Waals surface area contributed by atoms with Crippen LogP contribution in [0.3, 0.4) is 0 Å². The van der Waals surface area contributed by atoms with E-state index in [-0.39, 0.29) is 12.1 Å². The SMILES string of the molecule is CC[C@H](C)Oc1ccccc1[C@@H](C)N. The summed E-state index contributed by atoms with van der Waals surface area (Å²) in [6.07, 6.45) is 1.25. The lowest BCUT2D eigenvalue weighted by atomic mass is 10.1. The maximum absolute atomic E-state index is 5.85. The van der Waals surface area contributed by atoms with E-state index in [1.165, 1.54) is 0 Å². The van der Waals surface area contributed by atoms with Crippen molar-refractivity contribution in [3.63, 3.8) is 0 Å². The van der Waals surface area contributed by atoms with Crippen LogP contribution in [-0.4, -0.2) is 6.10 Å². The van der Waals surface area contributed by atoms with Crippen molar-refractivity contribution in [2.24, 2.45) is 5.73 Å². The first-order valence-electron chi connectivity index (χ1n) is 5.16. The summed E-state index contributed by atoms with van der Waals surface area (Å²) < 4.78 is 5.78. The molecular formula is C12H19NO. The molecule has 1 rings (SSSR count). The van der Waals surface area contributed by atoms with E-state index in [2.05, 4.69) is 13.8 Å². The van der Waals surface area contributed by atoms with Gasteiger partial charge >= 0.3 is 0 Å². The number of ether oxygens (including phenoxy) is 1. The number of hydrogen-bond donors (Lipinski definition) is 1. The van der Waals surface area contributed by atoms with E-state index in [4.69, 9.17) is 10.5 Å². The summed E-state index contributed by atoms with van der Waals surface area (Å²) in [4.78, 5) is 0. The van der Waals surface area contributed by atoms with Crippen molar-refractivity contribution in [3.8, 4) is 5.75 Å². The Morgan fingerprint density at radius 1 is 1.29 bits per heavy atom. The number of benzene rings is 1. The Balaban J connectivity index is 2.84. The molecule has 1 aromatic carbocycles. The highest BCUT2D eigenvalue weighted by Gasteiger charge is 2.08. The van der Waals surface area contributed by atoms with Crippen LogP contribution in [0.25, 0.3) is 0 Å². The first kappa shape index (κ1) is 11.1. The molecule has 0 aliphatic heterocycles. The van der Waals surface area contributed by atoms with Gasteiger partial charge in [-0.25, -0.2) is 0 Å². The van der Waals surface area contributed by atoms with Crippen molar-refractivity contribution in [1.29, 1.82) is 0 Å². The van der Waals surface area contributed by atoms with Crippen molar-refractivity contribution in [2.75, 3.05) is 0 Å². The highest BCUT2D eigenvalue weighted by Crippen LogP contribution is 2.24. The molecule has 0 spiro atoms. The molecular weight excluding hydrogens is 174 g/mol. The molecule has 0 aliphatic rings. The smallest absolute Gasteiger partial charge is 0.124 e. The van der Waals surface area contributed by atoms with Crippen LogP contribution < -0.4 is 10.5 Å². The fraction of sp³-hybridized carbons (Fsp3) is 0.500. The Morgan fingerprint density at radius 2 is 1.93 bits per heavy atom. The average Bonchev–Trinajstić information content (AvgIpc) is 2.18. The summed E-state index contributed by atoms with van der Waals surface area (Å²) >= 11 is 0. The number of rotatable bonds is 4. The van der Waals surface area contributed by atoms with Crippen LogP contribution in [0, 0.1) is 0 Å². The molecule has 78 valence electrons. The monoisotopic (exact) mass is 193 g/mol. The highest BCUT2D eigenvalue weighted by atomic mass is 16.5. The zero-order valence-corrected chi connectivity index (χ0v) is 9.16. The molecule has 0 aromatic heterocycles. The molecule has 0 fully saturated rings. The maximum atomic E-state index is 5.85. The van der Waals surface area contributed by atoms with E-state index in [0.29, 0.717) is 0 Å². The first-order valence-corrected chi connectivity index (χ1v) is 5.16. The Kier molecular flexibility index (Phi) is 3.96. The Labute approximate surface area is 86.1 Å². The molecule has 0 unspecified atom stereocenters. The van der Waals surface area contributed by atoms with E-state index < -0.39 is 0 Å². The molecule has 0 heterocycles. The molecule has 0 radical (unpaired) electrons. The van der Waals surface area contributed by atoms with Gasteiger partial charge in [0.1, 0.15) is 5.75 Å². The molecule has 2 nitrogen and oxygen atoms in total. The third-order valence-corrected chi connectivity index (χ3v) is 2.31. The van der Waals surface area contributed by atoms with Crippen LogP contribution in [0.1, 0.15) is 38.8 Å². The van der Waals surface area contributed by atoms with E-state index in [0.717, 1.165) is 17.7 Å². The second-order valence-corrected chi connectivity index (χ2v) is 3.66. The molecule has 2 N–H and O–H groups in total. The van der Waals surface area contributed by atoms with E-state index in [1.807, 2.05) is 31.2 Å². The van der Waals surface area contributed by atoms with Gasteiger partial charge in [-0.15, -0.1) is 0 Å². The second-order valence-electron chi connectivity index (χ2n) is 3.66. The minimum absolute atomic E-state index is 0.0234. The molecule has 0 amide bonds.